The molecule has 90 valence electrons. The summed E-state index contributed by atoms with van der Waals surface area (Å²) in [6.07, 6.45) is 9.87. The molecule has 1 amide bonds. The van der Waals surface area contributed by atoms with Gasteiger partial charge in [0.05, 0.1) is 11.4 Å². The number of aryl methyl sites for hydroxylation is 1. The smallest absolute Gasteiger partial charge is 0.262 e. The fourth-order valence-electron chi connectivity index (χ4n) is 2.28. The van der Waals surface area contributed by atoms with Crippen molar-refractivity contribution in [2.75, 3.05) is 6.54 Å². The summed E-state index contributed by atoms with van der Waals surface area (Å²) in [5.41, 5.74) is 1.37. The van der Waals surface area contributed by atoms with Crippen molar-refractivity contribution in [3.63, 3.8) is 0 Å². The Bertz CT molecular complexity index is 455. The maximum Gasteiger partial charge on any atom is 0.262 e. The van der Waals surface area contributed by atoms with Crippen LogP contribution in [-0.4, -0.2) is 12.5 Å². The first-order valence-electron chi connectivity index (χ1n) is 6.07. The van der Waals surface area contributed by atoms with Crippen LogP contribution in [0, 0.1) is 18.3 Å². The Hall–Kier alpha value is -1.27. The van der Waals surface area contributed by atoms with E-state index in [0.717, 1.165) is 23.6 Å². The standard InChI is InChI=1S/C14H17NOS/c1-3-7-15-14(16)13-9-11-8-10(4-2)5-6-12(11)17-13/h1,9-10H,4-8H2,2H3,(H,15,16). The number of amides is 1. The highest BCUT2D eigenvalue weighted by Gasteiger charge is 2.21. The zero-order valence-electron chi connectivity index (χ0n) is 10.1. The van der Waals surface area contributed by atoms with Gasteiger partial charge in [-0.05, 0) is 36.8 Å². The van der Waals surface area contributed by atoms with E-state index in [-0.39, 0.29) is 5.91 Å². The molecule has 2 nitrogen and oxygen atoms in total. The zero-order chi connectivity index (χ0) is 12.3. The van der Waals surface area contributed by atoms with Crippen molar-refractivity contribution in [3.05, 3.63) is 21.4 Å². The lowest BCUT2D eigenvalue weighted by atomic mass is 9.87. The summed E-state index contributed by atoms with van der Waals surface area (Å²) in [5.74, 6) is 3.18. The number of carbonyl (C=O) groups excluding carboxylic acids is 1. The summed E-state index contributed by atoms with van der Waals surface area (Å²) >= 11 is 1.63. The largest absolute Gasteiger partial charge is 0.340 e. The summed E-state index contributed by atoms with van der Waals surface area (Å²) in [6.45, 7) is 2.54. The molecule has 1 aliphatic carbocycles. The van der Waals surface area contributed by atoms with Crippen LogP contribution < -0.4 is 5.32 Å². The predicted octanol–water partition coefficient (Wildman–Crippen LogP) is 2.63. The second kappa shape index (κ2) is 5.37. The lowest BCUT2D eigenvalue weighted by Gasteiger charge is -2.19. The number of hydrogen-bond acceptors (Lipinski definition) is 2. The molecule has 0 aliphatic heterocycles. The van der Waals surface area contributed by atoms with Gasteiger partial charge in [-0.25, -0.2) is 0 Å². The highest BCUT2D eigenvalue weighted by atomic mass is 32.1. The van der Waals surface area contributed by atoms with E-state index in [0.29, 0.717) is 6.54 Å². The number of carbonyl (C=O) groups is 1. The van der Waals surface area contributed by atoms with Crippen LogP contribution in [0.4, 0.5) is 0 Å². The lowest BCUT2D eigenvalue weighted by Crippen LogP contribution is -2.22. The third kappa shape index (κ3) is 2.70. The van der Waals surface area contributed by atoms with Crippen molar-refractivity contribution in [2.24, 2.45) is 5.92 Å². The van der Waals surface area contributed by atoms with Gasteiger partial charge in [0.25, 0.3) is 5.91 Å². The van der Waals surface area contributed by atoms with Gasteiger partial charge in [-0.15, -0.1) is 17.8 Å². The minimum absolute atomic E-state index is 0.0320. The van der Waals surface area contributed by atoms with Gasteiger partial charge in [0.15, 0.2) is 0 Å². The number of rotatable bonds is 3. The molecule has 3 heteroatoms. The minimum Gasteiger partial charge on any atom is -0.340 e. The molecule has 1 unspecified atom stereocenters. The highest BCUT2D eigenvalue weighted by Crippen LogP contribution is 2.33. The molecule has 0 bridgehead atoms. The van der Waals surface area contributed by atoms with Crippen LogP contribution in [0.25, 0.3) is 0 Å². The normalized spacial score (nSPS) is 18.2. The van der Waals surface area contributed by atoms with E-state index in [4.69, 9.17) is 6.42 Å². The average molecular weight is 247 g/mol. The molecular formula is C14H17NOS. The molecule has 1 atom stereocenters. The molecule has 0 spiro atoms. The van der Waals surface area contributed by atoms with E-state index in [2.05, 4.69) is 18.2 Å². The second-order valence-corrected chi connectivity index (χ2v) is 5.60. The summed E-state index contributed by atoms with van der Waals surface area (Å²) in [5, 5.41) is 2.72. The molecular weight excluding hydrogens is 230 g/mol. The van der Waals surface area contributed by atoms with Crippen LogP contribution in [0.5, 0.6) is 0 Å². The Morgan fingerprint density at radius 1 is 1.71 bits per heavy atom. The van der Waals surface area contributed by atoms with Crippen molar-refractivity contribution in [1.29, 1.82) is 0 Å². The van der Waals surface area contributed by atoms with Gasteiger partial charge in [0.2, 0.25) is 0 Å². The van der Waals surface area contributed by atoms with Gasteiger partial charge in [-0.2, -0.15) is 0 Å². The van der Waals surface area contributed by atoms with Gasteiger partial charge < -0.3 is 5.32 Å². The summed E-state index contributed by atoms with van der Waals surface area (Å²) in [4.78, 5) is 14.0. The molecule has 0 fully saturated rings. The van der Waals surface area contributed by atoms with Crippen LogP contribution in [0.2, 0.25) is 0 Å². The molecule has 1 aromatic heterocycles. The average Bonchev–Trinajstić information content (AvgIpc) is 2.78. The summed E-state index contributed by atoms with van der Waals surface area (Å²) in [7, 11) is 0. The van der Waals surface area contributed by atoms with Crippen molar-refractivity contribution in [3.8, 4) is 12.3 Å². The Morgan fingerprint density at radius 3 is 3.24 bits per heavy atom. The third-order valence-electron chi connectivity index (χ3n) is 3.34. The van der Waals surface area contributed by atoms with Crippen LogP contribution in [-0.2, 0) is 12.8 Å². The minimum atomic E-state index is -0.0320. The summed E-state index contributed by atoms with van der Waals surface area (Å²) in [6, 6.07) is 2.05. The summed E-state index contributed by atoms with van der Waals surface area (Å²) < 4.78 is 0. The Balaban J connectivity index is 2.10. The van der Waals surface area contributed by atoms with E-state index >= 15 is 0 Å². The molecule has 0 saturated carbocycles. The first-order chi connectivity index (χ1) is 8.24. The fourth-order valence-corrected chi connectivity index (χ4v) is 3.40. The molecule has 1 aliphatic rings. The van der Waals surface area contributed by atoms with Crippen molar-refractivity contribution < 1.29 is 4.79 Å². The molecule has 1 aromatic rings. The van der Waals surface area contributed by atoms with Gasteiger partial charge in [0.1, 0.15) is 0 Å². The molecule has 17 heavy (non-hydrogen) atoms. The Morgan fingerprint density at radius 2 is 2.53 bits per heavy atom. The van der Waals surface area contributed by atoms with E-state index < -0.39 is 0 Å². The molecule has 0 radical (unpaired) electrons. The molecule has 1 heterocycles. The maximum atomic E-state index is 11.8. The Kier molecular flexibility index (Phi) is 3.86. The van der Waals surface area contributed by atoms with Gasteiger partial charge >= 0.3 is 0 Å². The second-order valence-electron chi connectivity index (χ2n) is 4.46. The zero-order valence-corrected chi connectivity index (χ0v) is 10.9. The van der Waals surface area contributed by atoms with Gasteiger partial charge in [0, 0.05) is 4.88 Å². The fraction of sp³-hybridized carbons (Fsp3) is 0.500. The number of nitrogens with one attached hydrogen (secondary N) is 1. The monoisotopic (exact) mass is 247 g/mol. The van der Waals surface area contributed by atoms with Crippen LogP contribution in [0.3, 0.4) is 0 Å². The van der Waals surface area contributed by atoms with Gasteiger partial charge in [-0.3, -0.25) is 4.79 Å². The van der Waals surface area contributed by atoms with Crippen molar-refractivity contribution in [1.82, 2.24) is 5.32 Å². The SMILES string of the molecule is C#CCNC(=O)c1cc2c(s1)CCC(CC)C2. The number of fused-ring (bicyclic) bond motifs is 1. The van der Waals surface area contributed by atoms with Crippen molar-refractivity contribution in [2.45, 2.75) is 32.6 Å². The molecule has 2 rings (SSSR count). The Labute approximate surface area is 106 Å². The molecule has 0 saturated heterocycles. The maximum absolute atomic E-state index is 11.8. The van der Waals surface area contributed by atoms with E-state index in [1.54, 1.807) is 11.3 Å². The van der Waals surface area contributed by atoms with Crippen LogP contribution >= 0.6 is 11.3 Å². The number of terminal acetylenes is 1. The number of thiophene rings is 1. The molecule has 0 aromatic carbocycles. The van der Waals surface area contributed by atoms with E-state index in [1.165, 1.54) is 23.3 Å². The lowest BCUT2D eigenvalue weighted by molar-refractivity contribution is 0.0962. The topological polar surface area (TPSA) is 29.1 Å². The van der Waals surface area contributed by atoms with E-state index in [1.807, 2.05) is 6.07 Å². The third-order valence-corrected chi connectivity index (χ3v) is 4.57. The van der Waals surface area contributed by atoms with Crippen LogP contribution in [0.1, 0.15) is 39.9 Å². The van der Waals surface area contributed by atoms with E-state index in [9.17, 15) is 4.79 Å². The van der Waals surface area contributed by atoms with Crippen LogP contribution in [0.15, 0.2) is 6.07 Å². The first-order valence-corrected chi connectivity index (χ1v) is 6.89. The first kappa shape index (κ1) is 12.2. The number of hydrogen-bond donors (Lipinski definition) is 1. The van der Waals surface area contributed by atoms with Crippen molar-refractivity contribution >= 4 is 17.2 Å². The van der Waals surface area contributed by atoms with Gasteiger partial charge in [-0.1, -0.05) is 19.3 Å². The predicted molar refractivity (Wildman–Crippen MR) is 71.3 cm³/mol. The molecule has 1 N–H and O–H groups in total. The highest BCUT2D eigenvalue weighted by molar-refractivity contribution is 7.14. The quantitative estimate of drug-likeness (QED) is 0.817.